The third kappa shape index (κ3) is 6.70. The number of fused-ring (bicyclic) bond motifs is 1. The monoisotopic (exact) mass is 546 g/mol. The highest BCUT2D eigenvalue weighted by molar-refractivity contribution is 7.66. The van der Waals surface area contributed by atoms with Crippen LogP contribution in [0.5, 0.6) is 0 Å². The number of hydrogen-bond acceptors (Lipinski definition) is 11. The summed E-state index contributed by atoms with van der Waals surface area (Å²) in [6.45, 7) is 1.38. The Morgan fingerprint density at radius 2 is 1.91 bits per heavy atom. The maximum absolute atomic E-state index is 12.0. The minimum Gasteiger partial charge on any atom is -0.397 e. The molecule has 0 bridgehead atoms. The molecular weight excluding hydrogens is 521 g/mol. The number of rotatable bonds is 10. The van der Waals surface area contributed by atoms with Crippen LogP contribution in [-0.2, 0) is 36.3 Å². The number of phosphoric ester groups is 1. The van der Waals surface area contributed by atoms with Crippen molar-refractivity contribution in [2.75, 3.05) is 13.7 Å². The Hall–Kier alpha value is -1.25. The van der Waals surface area contributed by atoms with E-state index < -0.39 is 48.5 Å². The Labute approximate surface area is 193 Å². The van der Waals surface area contributed by atoms with E-state index in [0.717, 1.165) is 12.0 Å². The van der Waals surface area contributed by atoms with Crippen LogP contribution in [0, 0.1) is 0 Å². The molecule has 3 rings (SSSR count). The molecule has 5 atom stereocenters. The van der Waals surface area contributed by atoms with Gasteiger partial charge in [0, 0.05) is 26.2 Å². The van der Waals surface area contributed by atoms with Crippen LogP contribution in [0.25, 0.3) is 5.70 Å². The standard InChI is InChI=1S/C15H25N4O12P3/c1-3-9-4-5-17-14-13(12(9)16)18-8-19(14)15-11(27-2)6-10(29-15)7-28-33(23,24)31-34(25,26)30-32(20,21)22/h5,8,10-11,15H,3-4,6-7,16H2,1-2H3,(H,23,24)(H,25,26)(H2,20,21,22)/t10?,11-,15-/m1/s1. The largest absolute Gasteiger partial charge is 0.490 e. The predicted octanol–water partition coefficient (Wildman–Crippen LogP) is 1.71. The highest BCUT2D eigenvalue weighted by Crippen LogP contribution is 2.66. The Morgan fingerprint density at radius 3 is 2.53 bits per heavy atom. The van der Waals surface area contributed by atoms with Crippen molar-refractivity contribution < 1.29 is 55.9 Å². The third-order valence-electron chi connectivity index (χ3n) is 4.94. The van der Waals surface area contributed by atoms with Crippen LogP contribution < -0.4 is 5.73 Å². The number of methoxy groups -OCH3 is 1. The fourth-order valence-electron chi connectivity index (χ4n) is 3.47. The molecule has 19 heteroatoms. The minimum absolute atomic E-state index is 0.180. The molecule has 2 aliphatic heterocycles. The SMILES string of the molecule is CCC1=C(N)c2ncn([C@@H]3OC(COP(=O)(O)OP(=O)(O)OP(=O)(O)O)C[C@H]3OC)c2N=CC1. The van der Waals surface area contributed by atoms with Crippen molar-refractivity contribution in [2.45, 2.75) is 44.6 Å². The number of allylic oxidation sites excluding steroid dienone is 1. The molecule has 34 heavy (non-hydrogen) atoms. The molecule has 1 aromatic rings. The number of imidazole rings is 1. The highest BCUT2D eigenvalue weighted by atomic mass is 31.3. The summed E-state index contributed by atoms with van der Waals surface area (Å²) in [5.74, 6) is 0.446. The van der Waals surface area contributed by atoms with Crippen molar-refractivity contribution in [1.82, 2.24) is 9.55 Å². The molecule has 0 radical (unpaired) electrons. The van der Waals surface area contributed by atoms with E-state index in [1.54, 1.807) is 10.8 Å². The van der Waals surface area contributed by atoms with Crippen molar-refractivity contribution in [2.24, 2.45) is 10.7 Å². The first-order chi connectivity index (χ1) is 15.8. The van der Waals surface area contributed by atoms with Gasteiger partial charge in [0.2, 0.25) is 0 Å². The van der Waals surface area contributed by atoms with E-state index in [9.17, 15) is 23.5 Å². The van der Waals surface area contributed by atoms with Crippen LogP contribution in [0.2, 0.25) is 0 Å². The molecule has 3 heterocycles. The fraction of sp³-hybridized carbons (Fsp3) is 0.600. The van der Waals surface area contributed by atoms with Gasteiger partial charge in [0.05, 0.1) is 24.7 Å². The zero-order valence-electron chi connectivity index (χ0n) is 18.0. The number of ether oxygens (including phenoxy) is 2. The maximum Gasteiger partial charge on any atom is 0.490 e. The first-order valence-electron chi connectivity index (χ1n) is 9.79. The number of aliphatic imine (C=N–C) groups is 1. The number of hydrogen-bond donors (Lipinski definition) is 5. The summed E-state index contributed by atoms with van der Waals surface area (Å²) in [5, 5.41) is 0. The van der Waals surface area contributed by atoms with Crippen molar-refractivity contribution in [3.63, 3.8) is 0 Å². The van der Waals surface area contributed by atoms with Crippen LogP contribution in [0.15, 0.2) is 16.9 Å². The Bertz CT molecular complexity index is 1110. The van der Waals surface area contributed by atoms with Crippen molar-refractivity contribution in [3.05, 3.63) is 17.6 Å². The second-order valence-corrected chi connectivity index (χ2v) is 11.7. The Kier molecular flexibility index (Phi) is 8.36. The third-order valence-corrected chi connectivity index (χ3v) is 8.75. The summed E-state index contributed by atoms with van der Waals surface area (Å²) in [5.41, 5.74) is 8.24. The van der Waals surface area contributed by atoms with Crippen LogP contribution >= 0.6 is 23.5 Å². The van der Waals surface area contributed by atoms with E-state index >= 15 is 0 Å². The minimum atomic E-state index is -5.61. The van der Waals surface area contributed by atoms with E-state index in [1.165, 1.54) is 13.4 Å². The molecule has 0 saturated carbocycles. The average Bonchev–Trinajstić information content (AvgIpc) is 3.26. The second-order valence-electron chi connectivity index (χ2n) is 7.26. The van der Waals surface area contributed by atoms with Crippen LogP contribution in [0.1, 0.15) is 38.1 Å². The van der Waals surface area contributed by atoms with E-state index in [1.807, 2.05) is 6.92 Å². The number of aromatic nitrogens is 2. The van der Waals surface area contributed by atoms with Gasteiger partial charge in [0.25, 0.3) is 0 Å². The zero-order valence-corrected chi connectivity index (χ0v) is 20.7. The second kappa shape index (κ2) is 10.4. The van der Waals surface area contributed by atoms with Gasteiger partial charge in [0.1, 0.15) is 11.8 Å². The first kappa shape index (κ1) is 27.3. The van der Waals surface area contributed by atoms with Crippen LogP contribution in [-0.4, -0.2) is 61.3 Å². The molecule has 2 aliphatic rings. The van der Waals surface area contributed by atoms with Gasteiger partial charge in [-0.25, -0.2) is 23.7 Å². The molecule has 0 amide bonds. The molecule has 0 aromatic carbocycles. The summed E-state index contributed by atoms with van der Waals surface area (Å²) in [4.78, 5) is 44.8. The fourth-order valence-corrected chi connectivity index (χ4v) is 6.52. The first-order valence-corrected chi connectivity index (χ1v) is 14.3. The number of nitrogens with zero attached hydrogens (tertiary/aromatic N) is 3. The number of nitrogens with two attached hydrogens (primary N) is 1. The molecule has 1 fully saturated rings. The molecule has 16 nitrogen and oxygen atoms in total. The van der Waals surface area contributed by atoms with Gasteiger partial charge >= 0.3 is 23.5 Å². The smallest absolute Gasteiger partial charge is 0.397 e. The van der Waals surface area contributed by atoms with E-state index in [2.05, 4.69) is 23.1 Å². The lowest BCUT2D eigenvalue weighted by atomic mass is 10.1. The lowest BCUT2D eigenvalue weighted by Crippen LogP contribution is -2.21. The summed E-state index contributed by atoms with van der Waals surface area (Å²) in [6.07, 6.45) is 2.51. The molecule has 1 aromatic heterocycles. The van der Waals surface area contributed by atoms with E-state index in [-0.39, 0.29) is 6.42 Å². The summed E-state index contributed by atoms with van der Waals surface area (Å²) in [7, 11) is -14.9. The van der Waals surface area contributed by atoms with Crippen molar-refractivity contribution >= 4 is 41.2 Å². The molecule has 192 valence electrons. The summed E-state index contributed by atoms with van der Waals surface area (Å²) in [6, 6.07) is 0. The summed E-state index contributed by atoms with van der Waals surface area (Å²) < 4.78 is 59.1. The topological polar surface area (TPSA) is 234 Å². The average molecular weight is 546 g/mol. The van der Waals surface area contributed by atoms with Gasteiger partial charge < -0.3 is 34.8 Å². The molecule has 0 spiro atoms. The van der Waals surface area contributed by atoms with Gasteiger partial charge in [-0.05, 0) is 12.0 Å². The van der Waals surface area contributed by atoms with Crippen molar-refractivity contribution in [3.8, 4) is 0 Å². The highest BCUT2D eigenvalue weighted by Gasteiger charge is 2.43. The zero-order chi connectivity index (χ0) is 25.3. The van der Waals surface area contributed by atoms with Crippen LogP contribution in [0.3, 0.4) is 0 Å². The Balaban J connectivity index is 1.71. The van der Waals surface area contributed by atoms with Gasteiger partial charge in [-0.15, -0.1) is 0 Å². The van der Waals surface area contributed by atoms with Crippen LogP contribution in [0.4, 0.5) is 5.82 Å². The lowest BCUT2D eigenvalue weighted by Gasteiger charge is -2.20. The van der Waals surface area contributed by atoms with E-state index in [4.69, 9.17) is 25.0 Å². The lowest BCUT2D eigenvalue weighted by molar-refractivity contribution is -0.0587. The normalized spacial score (nSPS) is 26.7. The van der Waals surface area contributed by atoms with Gasteiger partial charge in [0.15, 0.2) is 12.0 Å². The predicted molar refractivity (Wildman–Crippen MR) is 116 cm³/mol. The van der Waals surface area contributed by atoms with Gasteiger partial charge in [-0.1, -0.05) is 6.92 Å². The molecule has 1 saturated heterocycles. The van der Waals surface area contributed by atoms with Gasteiger partial charge in [-0.3, -0.25) is 9.09 Å². The molecule has 0 aliphatic carbocycles. The van der Waals surface area contributed by atoms with E-state index in [0.29, 0.717) is 23.6 Å². The molecule has 3 unspecified atom stereocenters. The Morgan fingerprint density at radius 1 is 1.21 bits per heavy atom. The quantitative estimate of drug-likeness (QED) is 0.263. The molecule has 6 N–H and O–H groups in total. The summed E-state index contributed by atoms with van der Waals surface area (Å²) >= 11 is 0. The number of phosphoric acid groups is 3. The van der Waals surface area contributed by atoms with Crippen molar-refractivity contribution in [1.29, 1.82) is 0 Å². The van der Waals surface area contributed by atoms with Gasteiger partial charge in [-0.2, -0.15) is 8.62 Å². The molecular formula is C15H25N4O12P3. The maximum atomic E-state index is 12.0.